The Bertz CT molecular complexity index is 458. The van der Waals surface area contributed by atoms with Crippen LogP contribution in [0.15, 0.2) is 36.4 Å². The number of carbonyl (C=O) groups excluding carboxylic acids is 1. The lowest BCUT2D eigenvalue weighted by molar-refractivity contribution is -0.124. The topological polar surface area (TPSA) is 99.0 Å². The predicted octanol–water partition coefficient (Wildman–Crippen LogP) is 1.67. The predicted molar refractivity (Wildman–Crippen MR) is 76.8 cm³/mol. The molecule has 0 aliphatic rings. The van der Waals surface area contributed by atoms with Gasteiger partial charge in [0.15, 0.2) is 0 Å². The summed E-state index contributed by atoms with van der Waals surface area (Å²) in [6.45, 7) is 2.30. The molecule has 1 rings (SSSR count). The van der Waals surface area contributed by atoms with E-state index in [0.29, 0.717) is 25.0 Å². The molecule has 21 heavy (non-hydrogen) atoms. The number of phenolic OH excluding ortho intramolecular Hbond substituents is 1. The third kappa shape index (κ3) is 5.95. The normalized spacial score (nSPS) is 14.0. The van der Waals surface area contributed by atoms with E-state index >= 15 is 0 Å². The molecule has 0 bridgehead atoms. The minimum absolute atomic E-state index is 0.136. The quantitative estimate of drug-likeness (QED) is 0.332. The Kier molecular flexibility index (Phi) is 7.45. The van der Waals surface area contributed by atoms with E-state index in [4.69, 9.17) is 9.94 Å². The number of allylic oxidation sites excluding steroid dienone is 1. The van der Waals surface area contributed by atoms with Crippen molar-refractivity contribution >= 4 is 5.91 Å². The van der Waals surface area contributed by atoms with Crippen molar-refractivity contribution in [3.8, 4) is 5.75 Å². The number of aliphatic hydroxyl groups excluding tert-OH is 1. The van der Waals surface area contributed by atoms with Gasteiger partial charge in [0, 0.05) is 12.7 Å². The van der Waals surface area contributed by atoms with Crippen molar-refractivity contribution in [3.63, 3.8) is 0 Å². The highest BCUT2D eigenvalue weighted by Gasteiger charge is 2.20. The van der Waals surface area contributed by atoms with E-state index in [9.17, 15) is 15.0 Å². The van der Waals surface area contributed by atoms with Crippen molar-refractivity contribution in [3.05, 3.63) is 42.0 Å². The molecule has 0 radical (unpaired) electrons. The van der Waals surface area contributed by atoms with Crippen LogP contribution in [0.4, 0.5) is 0 Å². The number of rotatable bonds is 8. The second kappa shape index (κ2) is 9.12. The number of phenols is 1. The number of benzene rings is 1. The smallest absolute Gasteiger partial charge is 0.267 e. The number of nitrogens with one attached hydrogen (secondary N) is 1. The number of aliphatic hydroxyl groups is 1. The Balaban J connectivity index is 2.61. The molecule has 0 heterocycles. The molecule has 0 aromatic heterocycles. The van der Waals surface area contributed by atoms with Crippen LogP contribution in [-0.2, 0) is 9.53 Å². The molecular formula is C15H21NO5. The standard InChI is InChI=1S/C15H21NO5/c1-2-21-13(5-3-4-6-14(18)16-20)15(19)11-7-9-12(17)10-8-11/h4,6-10,13,15,17,19-20H,2-3,5H2,1H3,(H,16,18)/b6-4+/t13-,15-/m1/s1. The maximum atomic E-state index is 10.8. The molecule has 0 saturated heterocycles. The SMILES string of the molecule is CCO[C@H](CC/C=C/C(=O)NO)[C@H](O)c1ccc(O)cc1. The van der Waals surface area contributed by atoms with Crippen molar-refractivity contribution in [1.82, 2.24) is 5.48 Å². The van der Waals surface area contributed by atoms with E-state index in [1.807, 2.05) is 6.92 Å². The zero-order chi connectivity index (χ0) is 15.7. The van der Waals surface area contributed by atoms with E-state index in [1.165, 1.54) is 23.7 Å². The second-order valence-corrected chi connectivity index (χ2v) is 4.49. The fraction of sp³-hybridized carbons (Fsp3) is 0.400. The summed E-state index contributed by atoms with van der Waals surface area (Å²) in [5.41, 5.74) is 2.16. The van der Waals surface area contributed by atoms with E-state index in [1.54, 1.807) is 18.2 Å². The molecule has 1 amide bonds. The van der Waals surface area contributed by atoms with E-state index in [-0.39, 0.29) is 5.75 Å². The summed E-state index contributed by atoms with van der Waals surface area (Å²) in [6, 6.07) is 6.29. The van der Waals surface area contributed by atoms with Crippen LogP contribution in [0.3, 0.4) is 0 Å². The Hall–Kier alpha value is -1.89. The minimum atomic E-state index is -0.814. The summed E-state index contributed by atoms with van der Waals surface area (Å²) in [4.78, 5) is 10.8. The zero-order valence-corrected chi connectivity index (χ0v) is 11.9. The van der Waals surface area contributed by atoms with Crippen molar-refractivity contribution < 1.29 is 25.0 Å². The average molecular weight is 295 g/mol. The largest absolute Gasteiger partial charge is 0.508 e. The Labute approximate surface area is 123 Å². The van der Waals surface area contributed by atoms with Crippen LogP contribution >= 0.6 is 0 Å². The van der Waals surface area contributed by atoms with E-state index < -0.39 is 18.1 Å². The summed E-state index contributed by atoms with van der Waals surface area (Å²) < 4.78 is 5.53. The Morgan fingerprint density at radius 1 is 1.38 bits per heavy atom. The molecule has 0 unspecified atom stereocenters. The highest BCUT2D eigenvalue weighted by Crippen LogP contribution is 2.24. The summed E-state index contributed by atoms with van der Waals surface area (Å²) in [6.07, 6.45) is 2.63. The highest BCUT2D eigenvalue weighted by atomic mass is 16.5. The molecular weight excluding hydrogens is 274 g/mol. The first-order valence-electron chi connectivity index (χ1n) is 6.77. The third-order valence-corrected chi connectivity index (χ3v) is 2.96. The van der Waals surface area contributed by atoms with Gasteiger partial charge in [-0.3, -0.25) is 10.0 Å². The second-order valence-electron chi connectivity index (χ2n) is 4.49. The van der Waals surface area contributed by atoms with Crippen LogP contribution in [-0.4, -0.2) is 34.0 Å². The molecule has 0 aliphatic heterocycles. The lowest BCUT2D eigenvalue weighted by Crippen LogP contribution is -2.22. The summed E-state index contributed by atoms with van der Waals surface area (Å²) in [5.74, 6) is -0.459. The van der Waals surface area contributed by atoms with Gasteiger partial charge < -0.3 is 14.9 Å². The molecule has 0 spiro atoms. The van der Waals surface area contributed by atoms with Crippen LogP contribution in [0.1, 0.15) is 31.4 Å². The van der Waals surface area contributed by atoms with Crippen LogP contribution in [0.25, 0.3) is 0 Å². The number of ether oxygens (including phenoxy) is 1. The van der Waals surface area contributed by atoms with Crippen LogP contribution < -0.4 is 5.48 Å². The number of amides is 1. The maximum absolute atomic E-state index is 10.8. The number of hydrogen-bond donors (Lipinski definition) is 4. The first kappa shape index (κ1) is 17.2. The lowest BCUT2D eigenvalue weighted by atomic mass is 10.0. The molecule has 0 aliphatic carbocycles. The summed E-state index contributed by atoms with van der Waals surface area (Å²) in [7, 11) is 0. The highest BCUT2D eigenvalue weighted by molar-refractivity contribution is 5.86. The van der Waals surface area contributed by atoms with Gasteiger partial charge in [-0.05, 0) is 37.5 Å². The maximum Gasteiger partial charge on any atom is 0.267 e. The van der Waals surface area contributed by atoms with Crippen LogP contribution in [0.5, 0.6) is 5.75 Å². The van der Waals surface area contributed by atoms with Crippen LogP contribution in [0.2, 0.25) is 0 Å². The number of aromatic hydroxyl groups is 1. The van der Waals surface area contributed by atoms with E-state index in [2.05, 4.69) is 0 Å². The van der Waals surface area contributed by atoms with Gasteiger partial charge >= 0.3 is 0 Å². The summed E-state index contributed by atoms with van der Waals surface area (Å²) in [5, 5.41) is 27.9. The number of hydroxylamine groups is 1. The number of carbonyl (C=O) groups is 1. The Morgan fingerprint density at radius 2 is 2.05 bits per heavy atom. The molecule has 2 atom stereocenters. The molecule has 0 fully saturated rings. The molecule has 1 aromatic carbocycles. The average Bonchev–Trinajstić information content (AvgIpc) is 2.50. The molecule has 4 N–H and O–H groups in total. The molecule has 116 valence electrons. The van der Waals surface area contributed by atoms with Crippen molar-refractivity contribution in [2.24, 2.45) is 0 Å². The van der Waals surface area contributed by atoms with Gasteiger partial charge in [-0.15, -0.1) is 0 Å². The fourth-order valence-corrected chi connectivity index (χ4v) is 1.92. The lowest BCUT2D eigenvalue weighted by Gasteiger charge is -2.22. The molecule has 6 heteroatoms. The third-order valence-electron chi connectivity index (χ3n) is 2.96. The van der Waals surface area contributed by atoms with Gasteiger partial charge in [-0.2, -0.15) is 0 Å². The summed E-state index contributed by atoms with van der Waals surface area (Å²) >= 11 is 0. The monoisotopic (exact) mass is 295 g/mol. The zero-order valence-electron chi connectivity index (χ0n) is 11.9. The molecule has 0 saturated carbocycles. The van der Waals surface area contributed by atoms with Crippen LogP contribution in [0, 0.1) is 0 Å². The van der Waals surface area contributed by atoms with E-state index in [0.717, 1.165) is 0 Å². The minimum Gasteiger partial charge on any atom is -0.508 e. The number of hydrogen-bond acceptors (Lipinski definition) is 5. The van der Waals surface area contributed by atoms with Crippen molar-refractivity contribution in [2.75, 3.05) is 6.61 Å². The van der Waals surface area contributed by atoms with Gasteiger partial charge in [0.05, 0.1) is 6.10 Å². The van der Waals surface area contributed by atoms with Crippen molar-refractivity contribution in [1.29, 1.82) is 0 Å². The van der Waals surface area contributed by atoms with Gasteiger partial charge in [0.25, 0.3) is 5.91 Å². The molecule has 1 aromatic rings. The van der Waals surface area contributed by atoms with Gasteiger partial charge in [-0.1, -0.05) is 18.2 Å². The first-order valence-corrected chi connectivity index (χ1v) is 6.77. The van der Waals surface area contributed by atoms with Gasteiger partial charge in [-0.25, -0.2) is 5.48 Å². The van der Waals surface area contributed by atoms with Gasteiger partial charge in [0.2, 0.25) is 0 Å². The van der Waals surface area contributed by atoms with Gasteiger partial charge in [0.1, 0.15) is 11.9 Å². The first-order chi connectivity index (χ1) is 10.1. The van der Waals surface area contributed by atoms with Crippen molar-refractivity contribution in [2.45, 2.75) is 32.0 Å². The Morgan fingerprint density at radius 3 is 2.62 bits per heavy atom. The fourth-order valence-electron chi connectivity index (χ4n) is 1.92. The molecule has 6 nitrogen and oxygen atoms in total.